The van der Waals surface area contributed by atoms with Crippen LogP contribution in [0.15, 0.2) is 59.7 Å². The Bertz CT molecular complexity index is 4010. The fraction of sp³-hybridized carbons (Fsp3) is 0.821. The largest absolute Gasteiger partial charge is 0.0624 e. The first-order chi connectivity index (χ1) is 38.9. The molecule has 62 atom stereocenters. The predicted octanol–water partition coefficient (Wildman–Crippen LogP) is 11.5. The predicted molar refractivity (Wildman–Crippen MR) is 278 cm³/mol. The first-order valence-corrected chi connectivity index (χ1v) is 36.8. The minimum Gasteiger partial charge on any atom is -0.0624 e. The van der Waals surface area contributed by atoms with Crippen molar-refractivity contribution in [1.82, 2.24) is 0 Å². The van der Waals surface area contributed by atoms with Gasteiger partial charge in [0.05, 0.1) is 0 Å². The molecule has 4 bridgehead atoms. The highest BCUT2D eigenvalue weighted by molar-refractivity contribution is 5.68. The van der Waals surface area contributed by atoms with Crippen molar-refractivity contribution in [1.29, 1.82) is 0 Å². The Morgan fingerprint density at radius 2 is 0.500 bits per heavy atom. The zero-order valence-electron chi connectivity index (χ0n) is 44.5. The molecular formula is C78H70. The van der Waals surface area contributed by atoms with Crippen molar-refractivity contribution in [3.05, 3.63) is 81.9 Å². The monoisotopic (exact) mass is 1010 g/mol. The highest BCUT2D eigenvalue weighted by atomic mass is 15.1. The minimum absolute atomic E-state index is 0.619. The van der Waals surface area contributed by atoms with Gasteiger partial charge in [-0.1, -0.05) is 59.7 Å². The first kappa shape index (κ1) is 34.2. The summed E-state index contributed by atoms with van der Waals surface area (Å²) in [6.45, 7) is 0. The van der Waals surface area contributed by atoms with Gasteiger partial charge in [-0.15, -0.1) is 0 Å². The molecular weight excluding hydrogens is 937 g/mol. The molecule has 39 rings (SSSR count). The molecule has 0 radical (unpaired) electrons. The summed E-state index contributed by atoms with van der Waals surface area (Å²) in [5.41, 5.74) is 16.3. The molecule has 0 aromatic heterocycles. The summed E-state index contributed by atoms with van der Waals surface area (Å²) in [5.74, 6) is 69.3. The van der Waals surface area contributed by atoms with Crippen molar-refractivity contribution in [3.8, 4) is 0 Å². The summed E-state index contributed by atoms with van der Waals surface area (Å²) in [6, 6.07) is 22.4. The van der Waals surface area contributed by atoms with Crippen LogP contribution in [0.2, 0.25) is 0 Å². The third-order valence-corrected chi connectivity index (χ3v) is 47.0. The van der Waals surface area contributed by atoms with Gasteiger partial charge >= 0.3 is 0 Å². The summed E-state index contributed by atoms with van der Waals surface area (Å²) in [4.78, 5) is 0. The second-order valence-electron chi connectivity index (χ2n) is 41.1. The Kier molecular flexibility index (Phi) is 3.61. The second-order valence-corrected chi connectivity index (χ2v) is 41.1. The smallest absolute Gasteiger partial charge is 0.00915 e. The molecule has 0 heteroatoms. The summed E-state index contributed by atoms with van der Waals surface area (Å²) >= 11 is 0. The lowest BCUT2D eigenvalue weighted by Gasteiger charge is -2.76. The maximum Gasteiger partial charge on any atom is 0.00915 e. The molecule has 37 aliphatic carbocycles. The maximum absolute atomic E-state index is 2.94. The van der Waals surface area contributed by atoms with Gasteiger partial charge in [-0.05, 0) is 395 Å². The molecule has 2 aromatic carbocycles. The first-order valence-electron chi connectivity index (χ1n) is 36.8. The van der Waals surface area contributed by atoms with Crippen LogP contribution in [0.4, 0.5) is 0 Å². The highest BCUT2D eigenvalue weighted by Gasteiger charge is 3.08. The van der Waals surface area contributed by atoms with E-state index in [0.29, 0.717) is 10.8 Å². The Morgan fingerprint density at radius 1 is 0.231 bits per heavy atom. The van der Waals surface area contributed by atoms with E-state index in [1.165, 1.54) is 296 Å². The average molecular weight is 1010 g/mol. The zero-order chi connectivity index (χ0) is 46.0. The molecule has 78 heavy (non-hydrogen) atoms. The van der Waals surface area contributed by atoms with Crippen LogP contribution in [0.25, 0.3) is 0 Å². The molecule has 0 heterocycles. The van der Waals surface area contributed by atoms with Crippen molar-refractivity contribution in [2.24, 2.45) is 341 Å². The van der Waals surface area contributed by atoms with Crippen LogP contribution in [-0.4, -0.2) is 0 Å². The van der Waals surface area contributed by atoms with Crippen LogP contribution in [0.1, 0.15) is 58.8 Å². The summed E-state index contributed by atoms with van der Waals surface area (Å²) in [6.07, 6.45) is 3.39. The Morgan fingerprint density at radius 3 is 0.987 bits per heavy atom. The van der Waals surface area contributed by atoms with Crippen LogP contribution in [0, 0.1) is 341 Å². The van der Waals surface area contributed by atoms with Gasteiger partial charge < -0.3 is 0 Å². The fourth-order valence-corrected chi connectivity index (χ4v) is 53.8. The van der Waals surface area contributed by atoms with Gasteiger partial charge in [0.1, 0.15) is 0 Å². The molecule has 32 saturated carbocycles. The zero-order valence-corrected chi connectivity index (χ0v) is 44.5. The maximum atomic E-state index is 2.94. The topological polar surface area (TPSA) is 0 Å². The van der Waals surface area contributed by atoms with Crippen LogP contribution in [0.5, 0.6) is 0 Å². The summed E-state index contributed by atoms with van der Waals surface area (Å²) in [5, 5.41) is 0. The summed E-state index contributed by atoms with van der Waals surface area (Å²) in [7, 11) is 0. The van der Waals surface area contributed by atoms with Crippen LogP contribution in [-0.2, 0) is 0 Å². The standard InChI is InChI=1S/C78H70/c1-2-6-12-11(5-1)15-9-16(12)76-68-54-40-30-26-25-29-36-32-22-21-31-35-27-23-24-28-37-33-19-20(44(40)62(68)61-43(19)39(28)53-49(23)57(35)71(75(15,76)67(53)61)65(47(31)32)72(76)58(36)50(25)54)34-38(30)60-52(26)56-42(29)46(22)64-63-45(21)41(27)55-51(24)59(37)73-66(48(33)34)74(60)78(70(56)64)18-10-17(77(73,78)69(55)63)13-7-3-4-8-14(13)18/h1-8,15-65,67-73H,9-10H2. The molecule has 37 aliphatic rings. The van der Waals surface area contributed by atoms with E-state index in [2.05, 4.69) is 81.9 Å². The minimum atomic E-state index is 0.619. The molecule has 62 unspecified atom stereocenters. The van der Waals surface area contributed by atoms with Gasteiger partial charge in [-0.25, -0.2) is 0 Å². The van der Waals surface area contributed by atoms with Crippen molar-refractivity contribution in [3.63, 3.8) is 0 Å². The molecule has 0 saturated heterocycles. The van der Waals surface area contributed by atoms with E-state index in [-0.39, 0.29) is 0 Å². The van der Waals surface area contributed by atoms with E-state index < -0.39 is 0 Å². The van der Waals surface area contributed by atoms with Crippen molar-refractivity contribution in [2.45, 2.75) is 36.5 Å². The van der Waals surface area contributed by atoms with Gasteiger partial charge in [0.25, 0.3) is 0 Å². The summed E-state index contributed by atoms with van der Waals surface area (Å²) < 4.78 is 0. The lowest BCUT2D eigenvalue weighted by atomic mass is 9.28. The third-order valence-electron chi connectivity index (χ3n) is 47.0. The average Bonchev–Trinajstić information content (AvgIpc) is 1.96. The Labute approximate surface area is 457 Å². The van der Waals surface area contributed by atoms with Crippen molar-refractivity contribution >= 4 is 0 Å². The molecule has 0 N–H and O–H groups in total. The number of hydrogen-bond donors (Lipinski definition) is 0. The van der Waals surface area contributed by atoms with Gasteiger partial charge in [0, 0.05) is 5.41 Å². The fourth-order valence-electron chi connectivity index (χ4n) is 53.8. The lowest BCUT2D eigenvalue weighted by molar-refractivity contribution is -0.272. The van der Waals surface area contributed by atoms with Gasteiger partial charge in [0.15, 0.2) is 0 Å². The van der Waals surface area contributed by atoms with Crippen molar-refractivity contribution < 1.29 is 0 Å². The quantitative estimate of drug-likeness (QED) is 0.231. The van der Waals surface area contributed by atoms with E-state index in [4.69, 9.17) is 0 Å². The van der Waals surface area contributed by atoms with E-state index >= 15 is 0 Å². The van der Waals surface area contributed by atoms with Gasteiger partial charge in [0.2, 0.25) is 0 Å². The van der Waals surface area contributed by atoms with E-state index in [1.807, 2.05) is 0 Å². The van der Waals surface area contributed by atoms with Crippen LogP contribution in [0.3, 0.4) is 0 Å². The normalized spacial score (nSPS) is 93.4. The number of hydrogen-bond acceptors (Lipinski definition) is 0. The number of allylic oxidation sites excluding steroid dienone is 2. The Balaban J connectivity index is 0.824. The van der Waals surface area contributed by atoms with Crippen LogP contribution < -0.4 is 0 Å². The highest BCUT2D eigenvalue weighted by Crippen LogP contribution is 3.12. The lowest BCUT2D eigenvalue weighted by Crippen LogP contribution is -2.72. The van der Waals surface area contributed by atoms with E-state index in [1.54, 1.807) is 12.8 Å². The number of rotatable bonds is 0. The molecule has 0 nitrogen and oxygen atoms in total. The molecule has 2 aromatic rings. The SMILES string of the molecule is c1ccc2c(c1)C1CC2C23C4C5=C6C7C8C9C5C5C%10C9C9C%11C8C8C7C7C%12C%13C8C8C%11C%11C9C9C%10C%10C%14C%15C%16C%17C%18C%19C%20C(C%21C%13C8C8C%13C%21C%20C%17C%17C%16C%10C9C9(C%10CC(c%16ccccc%16%10)C%1189)C%17%13)C%12C(C%19C2C%18C%15C4C5%14)C7C613. The molecule has 32 fully saturated rings. The van der Waals surface area contributed by atoms with E-state index in [9.17, 15) is 0 Å². The Hall–Kier alpha value is -1.82. The number of fused-ring (bicyclic) bond motifs is 5. The van der Waals surface area contributed by atoms with E-state index in [0.717, 1.165) is 58.2 Å². The molecule has 0 aliphatic heterocycles. The number of benzene rings is 2. The van der Waals surface area contributed by atoms with Crippen molar-refractivity contribution in [2.75, 3.05) is 0 Å². The van der Waals surface area contributed by atoms with Crippen LogP contribution >= 0.6 is 0 Å². The second kappa shape index (κ2) is 8.23. The van der Waals surface area contributed by atoms with Gasteiger partial charge in [-0.3, -0.25) is 0 Å². The molecule has 4 spiro atoms. The third kappa shape index (κ3) is 1.93. The molecule has 0 amide bonds. The molecule has 382 valence electrons. The van der Waals surface area contributed by atoms with Gasteiger partial charge in [-0.2, -0.15) is 0 Å².